The van der Waals surface area contributed by atoms with Gasteiger partial charge in [0.15, 0.2) is 0 Å². The second-order valence-electron chi connectivity index (χ2n) is 31.1. The fourth-order valence-electron chi connectivity index (χ4n) is 15.3. The first-order chi connectivity index (χ1) is 54.7. The molecule has 0 aliphatic heterocycles. The van der Waals surface area contributed by atoms with E-state index in [1.54, 1.807) is 27.3 Å². The molecule has 0 unspecified atom stereocenters. The second-order valence-corrected chi connectivity index (χ2v) is 31.1. The van der Waals surface area contributed by atoms with Crippen LogP contribution >= 0.6 is 0 Å². The Morgan fingerprint density at radius 3 is 1.73 bits per heavy atom. The predicted molar refractivity (Wildman–Crippen MR) is 432 cm³/mol. The molecule has 0 saturated heterocycles. The van der Waals surface area contributed by atoms with Crippen LogP contribution in [0.5, 0.6) is 11.5 Å². The molecule has 105 heavy (non-hydrogen) atoms. The first kappa shape index (κ1) is 58.2. The van der Waals surface area contributed by atoms with Crippen molar-refractivity contribution in [3.8, 4) is 95.6 Å². The third kappa shape index (κ3) is 13.4. The fraction of sp³-hybridized carbons (Fsp3) is 0.245. The Morgan fingerprint density at radius 2 is 1.11 bits per heavy atom. The largest absolute Gasteiger partial charge is 0.519 e. The number of fused-ring (bicyclic) bond motifs is 5. The Bertz CT molecular complexity index is 6230. The summed E-state index contributed by atoms with van der Waals surface area (Å²) >= 11 is 0. The first-order valence-electron chi connectivity index (χ1n) is 42.1. The van der Waals surface area contributed by atoms with Crippen LogP contribution in [0, 0.1) is 23.9 Å². The van der Waals surface area contributed by atoms with E-state index in [-0.39, 0.29) is 83.8 Å². The van der Waals surface area contributed by atoms with E-state index in [2.05, 4.69) is 204 Å². The van der Waals surface area contributed by atoms with Crippen LogP contribution < -0.4 is 9.30 Å². The van der Waals surface area contributed by atoms with Crippen LogP contribution in [-0.2, 0) is 26.5 Å². The summed E-state index contributed by atoms with van der Waals surface area (Å²) in [7, 11) is 0. The summed E-state index contributed by atoms with van der Waals surface area (Å²) in [6, 6.07) is 63.3. The Morgan fingerprint density at radius 1 is 0.552 bits per heavy atom. The summed E-state index contributed by atoms with van der Waals surface area (Å²) in [4.78, 5) is 5.56. The van der Waals surface area contributed by atoms with Gasteiger partial charge in [-0.2, -0.15) is 0 Å². The minimum atomic E-state index is -0.612. The minimum absolute atomic E-state index is 0. The molecule has 12 aromatic carbocycles. The monoisotopic (exact) mass is 1560 g/mol. The molecule has 0 amide bonds. The van der Waals surface area contributed by atoms with Crippen molar-refractivity contribution in [3.63, 3.8) is 0 Å². The Hall–Kier alpha value is -10.1. The van der Waals surface area contributed by atoms with Gasteiger partial charge in [0, 0.05) is 50.6 Å². The number of rotatable bonds is 16. The van der Waals surface area contributed by atoms with Gasteiger partial charge in [0.2, 0.25) is 0 Å². The van der Waals surface area contributed by atoms with Crippen molar-refractivity contribution < 1.29 is 49.9 Å². The van der Waals surface area contributed by atoms with Crippen molar-refractivity contribution in [1.29, 1.82) is 0 Å². The van der Waals surface area contributed by atoms with Crippen LogP contribution in [0.2, 0.25) is 0 Å². The maximum absolute atomic E-state index is 9.62. The number of para-hydroxylation sites is 4. The third-order valence-electron chi connectivity index (χ3n) is 21.1. The molecule has 1 aliphatic rings. The summed E-state index contributed by atoms with van der Waals surface area (Å²) in [5.74, 6) is 0.919. The van der Waals surface area contributed by atoms with Crippen LogP contribution in [0.3, 0.4) is 0 Å². The normalized spacial score (nSPS) is 15.3. The molecule has 0 N–H and O–H groups in total. The van der Waals surface area contributed by atoms with Crippen LogP contribution in [0.4, 0.5) is 0 Å². The number of ether oxygens (including phenoxy) is 1. The van der Waals surface area contributed by atoms with E-state index in [1.165, 1.54) is 0 Å². The maximum atomic E-state index is 9.62. The summed E-state index contributed by atoms with van der Waals surface area (Å²) < 4.78 is 122. The Balaban J connectivity index is 0.0000106. The van der Waals surface area contributed by atoms with E-state index in [1.807, 2.05) is 72.8 Å². The number of imidazole rings is 2. The van der Waals surface area contributed by atoms with Gasteiger partial charge in [-0.25, -0.2) is 0 Å². The van der Waals surface area contributed by atoms with Crippen molar-refractivity contribution in [2.75, 3.05) is 0 Å². The molecule has 1 fully saturated rings. The average molecular weight is 1560 g/mol. The zero-order valence-electron chi connectivity index (χ0n) is 72.9. The number of hydrogen-bond acceptors (Lipinski definition) is 3. The molecule has 1 saturated carbocycles. The van der Waals surface area contributed by atoms with Crippen molar-refractivity contribution in [2.45, 2.75) is 151 Å². The van der Waals surface area contributed by atoms with Gasteiger partial charge in [-0.3, -0.25) is 9.55 Å². The predicted octanol–water partition coefficient (Wildman–Crippen LogP) is 26.8. The number of aromatic nitrogens is 4. The molecular weight excluding hydrogens is 1460 g/mol. The molecular formula is C98H92N4O2Pt-2. The molecule has 0 bridgehead atoms. The molecule has 0 radical (unpaired) electrons. The molecule has 0 spiro atoms. The topological polar surface area (TPSA) is 49.0 Å². The Labute approximate surface area is 650 Å². The van der Waals surface area contributed by atoms with E-state index in [0.29, 0.717) is 50.4 Å². The van der Waals surface area contributed by atoms with Crippen molar-refractivity contribution in [1.82, 2.24) is 14.1 Å². The smallest absolute Gasteiger partial charge is 0.268 e. The Kier molecular flexibility index (Phi) is 15.7. The van der Waals surface area contributed by atoms with Gasteiger partial charge < -0.3 is 18.3 Å². The van der Waals surface area contributed by atoms with E-state index < -0.39 is 71.7 Å². The van der Waals surface area contributed by atoms with Gasteiger partial charge >= 0.3 is 0 Å². The first-order valence-corrected chi connectivity index (χ1v) is 36.6. The van der Waals surface area contributed by atoms with E-state index in [0.717, 1.165) is 115 Å². The van der Waals surface area contributed by atoms with Gasteiger partial charge in [-0.15, -0.1) is 29.3 Å². The summed E-state index contributed by atoms with van der Waals surface area (Å²) in [5, 5.41) is 1.44. The van der Waals surface area contributed by atoms with E-state index >= 15 is 0 Å². The quantitative estimate of drug-likeness (QED) is 0.0715. The minimum Gasteiger partial charge on any atom is -0.519 e. The van der Waals surface area contributed by atoms with Crippen LogP contribution in [0.1, 0.15) is 194 Å². The van der Waals surface area contributed by atoms with Crippen molar-refractivity contribution >= 4 is 44.0 Å². The zero-order valence-corrected chi connectivity index (χ0v) is 64.2. The molecule has 3 aromatic heterocycles. The van der Waals surface area contributed by atoms with Gasteiger partial charge in [0.25, 0.3) is 6.33 Å². The molecule has 528 valence electrons. The molecule has 0 atom stereocenters. The average Bonchev–Trinajstić information content (AvgIpc) is 1.64. The van der Waals surface area contributed by atoms with Crippen LogP contribution in [0.25, 0.3) is 128 Å². The van der Waals surface area contributed by atoms with Gasteiger partial charge in [0.05, 0.1) is 47.3 Å². The number of hydrogen-bond donors (Lipinski definition) is 0. The van der Waals surface area contributed by atoms with Gasteiger partial charge in [-0.1, -0.05) is 295 Å². The summed E-state index contributed by atoms with van der Waals surface area (Å²) in [6.07, 6.45) is 7.45. The van der Waals surface area contributed by atoms with Crippen molar-refractivity contribution in [2.24, 2.45) is 5.41 Å². The molecule has 1 aliphatic carbocycles. The molecule has 7 heteroatoms. The van der Waals surface area contributed by atoms with Crippen molar-refractivity contribution in [3.05, 3.63) is 294 Å². The SMILES string of the molecule is [2H]c1c([2H])c([2H])c(-c2cccc(-c3c([2H])c([2H])c([2H])c([2H])c3[2H])c2-[n+]2[c-]n(-c3[c-]c(Oc4[c-]c(-c5nc6ccccc6n5-c5c(C(C)C)cc(-c6ccc(C7([2H])CCC(C)(C)CC7)cc6)cc5C(C)C)cc(C(C)(C)C)c4)cc4c3oc3ccccc34)c3ccc(-c4c(C(C)C)cc(-c5ccccc5)cc4C(C)C)cc32)c([2H])c1[2H].[Pt]. The van der Waals surface area contributed by atoms with Crippen LogP contribution in [-0.4, -0.2) is 14.1 Å². The number of furan rings is 1. The van der Waals surface area contributed by atoms with Crippen LogP contribution in [0.15, 0.2) is 247 Å². The number of nitrogens with zero attached hydrogens (tertiary/aromatic N) is 4. The van der Waals surface area contributed by atoms with Gasteiger partial charge in [-0.05, 0) is 192 Å². The summed E-state index contributed by atoms with van der Waals surface area (Å²) in [6.45, 7) is 28.9. The molecule has 3 heterocycles. The standard InChI is InChI=1S/C98H92N4O2.Pt/c1-61(2)81-52-72(65-28-17-14-18-29-65)53-82(62(3)4)92(81)71-44-45-88-89(56-71)101(93-78(69-30-19-15-20-31-69)35-27-36-79(93)70-32-21-16-22-33-70)60-100(88)90-59-77(58-85-80-34-23-26-39-91(80)104-95(85)90)103-76-51-74(50-75(57-76)97(9,10)11)96-99-86-37-24-25-38-87(86)102(96)94-83(63(5)6)54-73(55-84(94)64(7)8)67-42-40-66(41-43-67)68-46-48-98(12,13)49-47-68;/h14-45,50,52-58,61-64,68H,46-49H2,1-13H3;/q-2;/i15D,16D,19D,20D,21D,22D,30D,31D,32D,33D,68D;. The van der Waals surface area contributed by atoms with E-state index in [4.69, 9.17) is 22.4 Å². The molecule has 6 nitrogen and oxygen atoms in total. The zero-order chi connectivity index (χ0) is 81.5. The molecule has 16 rings (SSSR count). The molecule has 15 aromatic rings. The second kappa shape index (κ2) is 28.4. The maximum Gasteiger partial charge on any atom is 0.268 e. The number of benzene rings is 12. The van der Waals surface area contributed by atoms with Gasteiger partial charge in [0.1, 0.15) is 5.58 Å². The third-order valence-corrected chi connectivity index (χ3v) is 21.1. The summed E-state index contributed by atoms with van der Waals surface area (Å²) in [5.41, 5.74) is 18.2. The fourth-order valence-corrected chi connectivity index (χ4v) is 15.3. The van der Waals surface area contributed by atoms with E-state index in [9.17, 15) is 6.85 Å².